The predicted octanol–water partition coefficient (Wildman–Crippen LogP) is 2.77. The summed E-state index contributed by atoms with van der Waals surface area (Å²) >= 11 is 1.19. The SMILES string of the molecule is CCOc1ccc2nc(SCC(=O)OC)c(C#N)cc2c1. The third kappa shape index (κ3) is 3.64. The van der Waals surface area contributed by atoms with Crippen molar-refractivity contribution in [2.24, 2.45) is 0 Å². The molecule has 1 aromatic heterocycles. The molecular formula is C15H14N2O3S. The van der Waals surface area contributed by atoms with Crippen molar-refractivity contribution in [3.8, 4) is 11.8 Å². The van der Waals surface area contributed by atoms with Gasteiger partial charge in [-0.3, -0.25) is 4.79 Å². The van der Waals surface area contributed by atoms with E-state index >= 15 is 0 Å². The van der Waals surface area contributed by atoms with Gasteiger partial charge in [0.2, 0.25) is 0 Å². The number of methoxy groups -OCH3 is 1. The number of nitriles is 1. The highest BCUT2D eigenvalue weighted by molar-refractivity contribution is 7.99. The molecule has 0 aliphatic heterocycles. The molecule has 0 saturated heterocycles. The molecule has 0 atom stereocenters. The van der Waals surface area contributed by atoms with E-state index in [1.165, 1.54) is 18.9 Å². The third-order valence-corrected chi connectivity index (χ3v) is 3.70. The first-order valence-electron chi connectivity index (χ1n) is 6.35. The quantitative estimate of drug-likeness (QED) is 0.624. The average Bonchev–Trinajstić information content (AvgIpc) is 2.51. The van der Waals surface area contributed by atoms with Gasteiger partial charge in [-0.05, 0) is 31.2 Å². The normalized spacial score (nSPS) is 10.1. The summed E-state index contributed by atoms with van der Waals surface area (Å²) in [5.41, 5.74) is 1.19. The molecule has 0 spiro atoms. The number of rotatable bonds is 5. The highest BCUT2D eigenvalue weighted by atomic mass is 32.2. The van der Waals surface area contributed by atoms with Gasteiger partial charge < -0.3 is 9.47 Å². The standard InChI is InChI=1S/C15H14N2O3S/c1-3-20-12-4-5-13-10(7-12)6-11(8-16)15(17-13)21-9-14(18)19-2/h4-7H,3,9H2,1-2H3. The number of carbonyl (C=O) groups excluding carboxylic acids is 1. The molecule has 5 nitrogen and oxygen atoms in total. The third-order valence-electron chi connectivity index (χ3n) is 2.74. The van der Waals surface area contributed by atoms with Crippen molar-refractivity contribution in [3.63, 3.8) is 0 Å². The highest BCUT2D eigenvalue weighted by Crippen LogP contribution is 2.27. The molecule has 0 amide bonds. The van der Waals surface area contributed by atoms with Crippen molar-refractivity contribution >= 4 is 28.6 Å². The lowest BCUT2D eigenvalue weighted by atomic mass is 10.1. The number of ether oxygens (including phenoxy) is 2. The Labute approximate surface area is 126 Å². The smallest absolute Gasteiger partial charge is 0.316 e. The summed E-state index contributed by atoms with van der Waals surface area (Å²) in [5.74, 6) is 0.518. The number of thioether (sulfide) groups is 1. The minimum atomic E-state index is -0.350. The van der Waals surface area contributed by atoms with Gasteiger partial charge in [-0.25, -0.2) is 4.98 Å². The molecule has 0 radical (unpaired) electrons. The maximum Gasteiger partial charge on any atom is 0.316 e. The second-order valence-corrected chi connectivity index (χ2v) is 5.07. The lowest BCUT2D eigenvalue weighted by Gasteiger charge is -2.07. The Morgan fingerprint density at radius 2 is 2.24 bits per heavy atom. The van der Waals surface area contributed by atoms with E-state index < -0.39 is 0 Å². The Balaban J connectivity index is 2.36. The van der Waals surface area contributed by atoms with Crippen LogP contribution >= 0.6 is 11.8 Å². The minimum absolute atomic E-state index is 0.126. The first-order chi connectivity index (χ1) is 10.2. The number of fused-ring (bicyclic) bond motifs is 1. The Kier molecular flexibility index (Phi) is 5.01. The van der Waals surface area contributed by atoms with Crippen molar-refractivity contribution < 1.29 is 14.3 Å². The summed E-state index contributed by atoms with van der Waals surface area (Å²) in [7, 11) is 1.33. The zero-order valence-electron chi connectivity index (χ0n) is 11.8. The fourth-order valence-corrected chi connectivity index (χ4v) is 2.57. The maximum absolute atomic E-state index is 11.2. The molecule has 0 N–H and O–H groups in total. The van der Waals surface area contributed by atoms with Gasteiger partial charge in [-0.15, -0.1) is 0 Å². The zero-order chi connectivity index (χ0) is 15.2. The van der Waals surface area contributed by atoms with Gasteiger partial charge in [0.25, 0.3) is 0 Å². The number of carbonyl (C=O) groups is 1. The van der Waals surface area contributed by atoms with Crippen molar-refractivity contribution in [1.29, 1.82) is 5.26 Å². The topological polar surface area (TPSA) is 72.2 Å². The van der Waals surface area contributed by atoms with E-state index in [0.717, 1.165) is 16.7 Å². The van der Waals surface area contributed by atoms with Crippen molar-refractivity contribution in [1.82, 2.24) is 4.98 Å². The molecule has 108 valence electrons. The summed E-state index contributed by atoms with van der Waals surface area (Å²) in [6, 6.07) is 9.38. The van der Waals surface area contributed by atoms with Gasteiger partial charge in [0.05, 0.1) is 30.5 Å². The summed E-state index contributed by atoms with van der Waals surface area (Å²) < 4.78 is 10.0. The number of hydrogen-bond donors (Lipinski definition) is 0. The fraction of sp³-hybridized carbons (Fsp3) is 0.267. The van der Waals surface area contributed by atoms with Crippen LogP contribution in [0.4, 0.5) is 0 Å². The molecule has 0 unspecified atom stereocenters. The van der Waals surface area contributed by atoms with Crippen LogP contribution in [0.5, 0.6) is 5.75 Å². The molecule has 2 aromatic rings. The summed E-state index contributed by atoms with van der Waals surface area (Å²) in [6.07, 6.45) is 0. The monoisotopic (exact) mass is 302 g/mol. The van der Waals surface area contributed by atoms with Crippen molar-refractivity contribution in [2.45, 2.75) is 11.9 Å². The average molecular weight is 302 g/mol. The van der Waals surface area contributed by atoms with Gasteiger partial charge >= 0.3 is 5.97 Å². The van der Waals surface area contributed by atoms with Crippen LogP contribution < -0.4 is 4.74 Å². The molecular weight excluding hydrogens is 288 g/mol. The maximum atomic E-state index is 11.2. The molecule has 6 heteroatoms. The molecule has 0 aliphatic carbocycles. The molecule has 1 aromatic carbocycles. The van der Waals surface area contributed by atoms with Crippen LogP contribution in [0.1, 0.15) is 12.5 Å². The lowest BCUT2D eigenvalue weighted by Crippen LogP contribution is -2.04. The predicted molar refractivity (Wildman–Crippen MR) is 80.4 cm³/mol. The molecule has 0 fully saturated rings. The number of aromatic nitrogens is 1. The first-order valence-corrected chi connectivity index (χ1v) is 7.33. The molecule has 2 rings (SSSR count). The van der Waals surface area contributed by atoms with Crippen LogP contribution in [0, 0.1) is 11.3 Å². The minimum Gasteiger partial charge on any atom is -0.494 e. The summed E-state index contributed by atoms with van der Waals surface area (Å²) in [4.78, 5) is 15.6. The van der Waals surface area contributed by atoms with Crippen LogP contribution in [0.3, 0.4) is 0 Å². The Hall–Kier alpha value is -2.26. The van der Waals surface area contributed by atoms with Gasteiger partial charge in [0.1, 0.15) is 16.8 Å². The van der Waals surface area contributed by atoms with E-state index in [4.69, 9.17) is 4.74 Å². The summed E-state index contributed by atoms with van der Waals surface area (Å²) in [6.45, 7) is 2.49. The molecule has 0 bridgehead atoms. The number of benzene rings is 1. The number of esters is 1. The zero-order valence-corrected chi connectivity index (χ0v) is 12.6. The highest BCUT2D eigenvalue weighted by Gasteiger charge is 2.10. The summed E-state index contributed by atoms with van der Waals surface area (Å²) in [5, 5.41) is 10.6. The number of pyridine rings is 1. The Morgan fingerprint density at radius 3 is 2.90 bits per heavy atom. The van der Waals surface area contributed by atoms with E-state index in [0.29, 0.717) is 17.2 Å². The van der Waals surface area contributed by atoms with E-state index in [1.807, 2.05) is 25.1 Å². The molecule has 21 heavy (non-hydrogen) atoms. The fourth-order valence-electron chi connectivity index (χ4n) is 1.77. The van der Waals surface area contributed by atoms with Crippen LogP contribution in [0.15, 0.2) is 29.3 Å². The first kappa shape index (κ1) is 15.1. The van der Waals surface area contributed by atoms with Crippen LogP contribution in [0.2, 0.25) is 0 Å². The number of hydrogen-bond acceptors (Lipinski definition) is 6. The van der Waals surface area contributed by atoms with Crippen LogP contribution in [-0.2, 0) is 9.53 Å². The van der Waals surface area contributed by atoms with E-state index in [2.05, 4.69) is 15.8 Å². The van der Waals surface area contributed by atoms with Gasteiger partial charge in [0, 0.05) is 5.39 Å². The van der Waals surface area contributed by atoms with E-state index in [1.54, 1.807) is 6.07 Å². The van der Waals surface area contributed by atoms with Crippen molar-refractivity contribution in [2.75, 3.05) is 19.5 Å². The van der Waals surface area contributed by atoms with Crippen molar-refractivity contribution in [3.05, 3.63) is 29.8 Å². The number of nitrogens with zero attached hydrogens (tertiary/aromatic N) is 2. The second kappa shape index (κ2) is 6.95. The van der Waals surface area contributed by atoms with Gasteiger partial charge in [0.15, 0.2) is 0 Å². The molecule has 0 aliphatic rings. The molecule has 0 saturated carbocycles. The van der Waals surface area contributed by atoms with Crippen LogP contribution in [-0.4, -0.2) is 30.4 Å². The second-order valence-electron chi connectivity index (χ2n) is 4.11. The van der Waals surface area contributed by atoms with E-state index in [-0.39, 0.29) is 11.7 Å². The lowest BCUT2D eigenvalue weighted by molar-refractivity contribution is -0.137. The van der Waals surface area contributed by atoms with Gasteiger partial charge in [-0.2, -0.15) is 5.26 Å². The Morgan fingerprint density at radius 1 is 1.43 bits per heavy atom. The van der Waals surface area contributed by atoms with Crippen LogP contribution in [0.25, 0.3) is 10.9 Å². The largest absolute Gasteiger partial charge is 0.494 e. The van der Waals surface area contributed by atoms with E-state index in [9.17, 15) is 10.1 Å². The molecule has 1 heterocycles. The Bertz CT molecular complexity index is 710. The van der Waals surface area contributed by atoms with Gasteiger partial charge in [-0.1, -0.05) is 11.8 Å².